The molecule has 3 nitrogen and oxygen atoms in total. The fraction of sp³-hybridized carbons (Fsp3) is 0.357. The van der Waals surface area contributed by atoms with Crippen LogP contribution in [-0.4, -0.2) is 15.6 Å². The van der Waals surface area contributed by atoms with Crippen molar-refractivity contribution in [2.24, 2.45) is 0 Å². The molecule has 0 aliphatic rings. The van der Waals surface area contributed by atoms with Crippen molar-refractivity contribution in [3.05, 3.63) is 35.0 Å². The molecule has 17 heavy (non-hydrogen) atoms. The minimum atomic E-state index is -0.858. The van der Waals surface area contributed by atoms with Gasteiger partial charge in [-0.25, -0.2) is 4.79 Å². The molecule has 0 saturated heterocycles. The molecular weight excluding hydrogens is 214 g/mol. The lowest BCUT2D eigenvalue weighted by molar-refractivity contribution is 0.0697. The maximum atomic E-state index is 11.1. The van der Waals surface area contributed by atoms with Crippen molar-refractivity contribution in [3.8, 4) is 0 Å². The fourth-order valence-corrected chi connectivity index (χ4v) is 2.44. The molecule has 1 aromatic heterocycles. The van der Waals surface area contributed by atoms with Gasteiger partial charge in [-0.3, -0.25) is 0 Å². The number of aromatic carboxylic acids is 1. The highest BCUT2D eigenvalue weighted by Crippen LogP contribution is 2.25. The normalized spacial score (nSPS) is 11.0. The molecule has 0 atom stereocenters. The van der Waals surface area contributed by atoms with E-state index in [0.29, 0.717) is 5.56 Å². The van der Waals surface area contributed by atoms with Gasteiger partial charge in [0.25, 0.3) is 0 Å². The summed E-state index contributed by atoms with van der Waals surface area (Å²) < 4.78 is 2.24. The van der Waals surface area contributed by atoms with Crippen molar-refractivity contribution >= 4 is 16.9 Å². The van der Waals surface area contributed by atoms with E-state index in [9.17, 15) is 4.79 Å². The maximum Gasteiger partial charge on any atom is 0.335 e. The quantitative estimate of drug-likeness (QED) is 0.881. The van der Waals surface area contributed by atoms with Gasteiger partial charge in [-0.1, -0.05) is 6.92 Å². The zero-order valence-electron chi connectivity index (χ0n) is 10.4. The number of benzene rings is 1. The van der Waals surface area contributed by atoms with Crippen LogP contribution in [-0.2, 0) is 13.0 Å². The highest BCUT2D eigenvalue weighted by molar-refractivity contribution is 5.95. The second-order valence-electron chi connectivity index (χ2n) is 4.26. The van der Waals surface area contributed by atoms with Crippen LogP contribution in [0.1, 0.15) is 35.5 Å². The Kier molecular flexibility index (Phi) is 2.92. The van der Waals surface area contributed by atoms with E-state index < -0.39 is 5.97 Å². The van der Waals surface area contributed by atoms with Crippen LogP contribution in [0.25, 0.3) is 10.9 Å². The molecule has 0 amide bonds. The summed E-state index contributed by atoms with van der Waals surface area (Å²) in [4.78, 5) is 11.1. The number of aryl methyl sites for hydroxylation is 3. The lowest BCUT2D eigenvalue weighted by Crippen LogP contribution is -2.01. The Morgan fingerprint density at radius 2 is 2.00 bits per heavy atom. The Bertz CT molecular complexity index is 581. The number of nitrogens with zero attached hydrogens (tertiary/aromatic N) is 1. The van der Waals surface area contributed by atoms with Crippen LogP contribution in [0.3, 0.4) is 0 Å². The van der Waals surface area contributed by atoms with Gasteiger partial charge >= 0.3 is 5.97 Å². The molecule has 1 N–H and O–H groups in total. The Hall–Kier alpha value is -1.77. The molecule has 0 saturated carbocycles. The Labute approximate surface area is 101 Å². The van der Waals surface area contributed by atoms with Gasteiger partial charge in [0.2, 0.25) is 0 Å². The molecule has 1 aromatic carbocycles. The van der Waals surface area contributed by atoms with Crippen LogP contribution in [0.4, 0.5) is 0 Å². The van der Waals surface area contributed by atoms with Gasteiger partial charge in [0.05, 0.1) is 11.1 Å². The average Bonchev–Trinajstić information content (AvgIpc) is 2.62. The van der Waals surface area contributed by atoms with Gasteiger partial charge < -0.3 is 9.67 Å². The minimum Gasteiger partial charge on any atom is -0.478 e. The number of hydrogen-bond donors (Lipinski definition) is 1. The number of hydrogen-bond acceptors (Lipinski definition) is 1. The molecule has 2 rings (SSSR count). The summed E-state index contributed by atoms with van der Waals surface area (Å²) in [6.45, 7) is 7.14. The summed E-state index contributed by atoms with van der Waals surface area (Å²) in [7, 11) is 0. The molecule has 0 unspecified atom stereocenters. The van der Waals surface area contributed by atoms with E-state index in [-0.39, 0.29) is 0 Å². The minimum absolute atomic E-state index is 0.377. The molecule has 0 bridgehead atoms. The van der Waals surface area contributed by atoms with E-state index in [0.717, 1.165) is 23.9 Å². The topological polar surface area (TPSA) is 42.2 Å². The SMILES string of the molecule is CCc1cc(C(=O)O)cc2cc(C)n(CC)c12. The van der Waals surface area contributed by atoms with Gasteiger partial charge in [0.1, 0.15) is 0 Å². The molecule has 0 spiro atoms. The molecule has 1 heterocycles. The zero-order chi connectivity index (χ0) is 12.6. The lowest BCUT2D eigenvalue weighted by Gasteiger charge is -2.09. The van der Waals surface area contributed by atoms with E-state index in [1.165, 1.54) is 11.2 Å². The van der Waals surface area contributed by atoms with Crippen LogP contribution in [0.5, 0.6) is 0 Å². The van der Waals surface area contributed by atoms with Gasteiger partial charge in [-0.15, -0.1) is 0 Å². The molecule has 2 aromatic rings. The smallest absolute Gasteiger partial charge is 0.335 e. The number of aromatic nitrogens is 1. The van der Waals surface area contributed by atoms with Gasteiger partial charge in [0, 0.05) is 17.6 Å². The first-order valence-corrected chi connectivity index (χ1v) is 5.94. The Balaban J connectivity index is 2.82. The third kappa shape index (κ3) is 1.82. The number of carboxylic acid groups (broad SMARTS) is 1. The van der Waals surface area contributed by atoms with Crippen LogP contribution in [0.2, 0.25) is 0 Å². The number of rotatable bonds is 3. The van der Waals surface area contributed by atoms with Gasteiger partial charge in [-0.2, -0.15) is 0 Å². The van der Waals surface area contributed by atoms with Gasteiger partial charge in [0.15, 0.2) is 0 Å². The number of carboxylic acids is 1. The van der Waals surface area contributed by atoms with Crippen LogP contribution >= 0.6 is 0 Å². The predicted molar refractivity (Wildman–Crippen MR) is 68.7 cm³/mol. The maximum absolute atomic E-state index is 11.1. The molecule has 0 aliphatic carbocycles. The molecule has 0 fully saturated rings. The van der Waals surface area contributed by atoms with Crippen LogP contribution < -0.4 is 0 Å². The summed E-state index contributed by atoms with van der Waals surface area (Å²) in [6, 6.07) is 5.61. The summed E-state index contributed by atoms with van der Waals surface area (Å²) in [5, 5.41) is 10.1. The van der Waals surface area contributed by atoms with E-state index in [2.05, 4.69) is 31.4 Å². The number of fused-ring (bicyclic) bond motifs is 1. The number of carbonyl (C=O) groups is 1. The van der Waals surface area contributed by atoms with E-state index in [1.54, 1.807) is 12.1 Å². The predicted octanol–water partition coefficient (Wildman–Crippen LogP) is 3.23. The third-order valence-corrected chi connectivity index (χ3v) is 3.22. The van der Waals surface area contributed by atoms with Crippen molar-refractivity contribution in [1.82, 2.24) is 4.57 Å². The average molecular weight is 231 g/mol. The van der Waals surface area contributed by atoms with Crippen molar-refractivity contribution in [1.29, 1.82) is 0 Å². The first-order valence-electron chi connectivity index (χ1n) is 5.94. The van der Waals surface area contributed by atoms with Crippen molar-refractivity contribution in [2.75, 3.05) is 0 Å². The summed E-state index contributed by atoms with van der Waals surface area (Å²) in [6.07, 6.45) is 0.848. The summed E-state index contributed by atoms with van der Waals surface area (Å²) in [5.74, 6) is -0.858. The van der Waals surface area contributed by atoms with Crippen LogP contribution in [0.15, 0.2) is 18.2 Å². The molecule has 0 radical (unpaired) electrons. The van der Waals surface area contributed by atoms with E-state index in [4.69, 9.17) is 5.11 Å². The largest absolute Gasteiger partial charge is 0.478 e. The zero-order valence-corrected chi connectivity index (χ0v) is 10.4. The monoisotopic (exact) mass is 231 g/mol. The molecular formula is C14H17NO2. The van der Waals surface area contributed by atoms with Crippen molar-refractivity contribution < 1.29 is 9.90 Å². The lowest BCUT2D eigenvalue weighted by atomic mass is 10.0. The first-order chi connectivity index (χ1) is 8.08. The Morgan fingerprint density at radius 1 is 1.29 bits per heavy atom. The highest BCUT2D eigenvalue weighted by atomic mass is 16.4. The highest BCUT2D eigenvalue weighted by Gasteiger charge is 2.12. The second-order valence-corrected chi connectivity index (χ2v) is 4.26. The summed E-state index contributed by atoms with van der Waals surface area (Å²) >= 11 is 0. The standard InChI is InChI=1S/C14H17NO2/c1-4-10-7-12(14(16)17)8-11-6-9(3)15(5-2)13(10)11/h6-8H,4-5H2,1-3H3,(H,16,17). The molecule has 90 valence electrons. The fourth-order valence-electron chi connectivity index (χ4n) is 2.44. The van der Waals surface area contributed by atoms with Crippen molar-refractivity contribution in [3.63, 3.8) is 0 Å². The summed E-state index contributed by atoms with van der Waals surface area (Å²) in [5.41, 5.74) is 3.84. The Morgan fingerprint density at radius 3 is 2.53 bits per heavy atom. The molecule has 3 heteroatoms. The molecule has 0 aliphatic heterocycles. The van der Waals surface area contributed by atoms with E-state index in [1.807, 2.05) is 0 Å². The first kappa shape index (κ1) is 11.7. The van der Waals surface area contributed by atoms with Crippen molar-refractivity contribution in [2.45, 2.75) is 33.7 Å². The van der Waals surface area contributed by atoms with Crippen LogP contribution in [0, 0.1) is 6.92 Å². The second kappa shape index (κ2) is 4.24. The van der Waals surface area contributed by atoms with E-state index >= 15 is 0 Å². The third-order valence-electron chi connectivity index (χ3n) is 3.22. The van der Waals surface area contributed by atoms with Gasteiger partial charge in [-0.05, 0) is 44.0 Å².